The number of sulfone groups is 1. The number of benzene rings is 2. The Morgan fingerprint density at radius 1 is 1.02 bits per heavy atom. The molecule has 3 unspecified atom stereocenters. The average Bonchev–Trinajstić information content (AvgIpc) is 3.32. The Morgan fingerprint density at radius 2 is 1.64 bits per heavy atom. The quantitative estimate of drug-likeness (QED) is 0.245. The third-order valence-electron chi connectivity index (χ3n) is 7.98. The molecule has 0 aliphatic carbocycles. The molecular weight excluding hydrogens is 605 g/mol. The predicted molar refractivity (Wildman–Crippen MR) is 131 cm³/mol. The minimum atomic E-state index is -6.42. The van der Waals surface area contributed by atoms with Gasteiger partial charge in [0.1, 0.15) is 22.9 Å². The summed E-state index contributed by atoms with van der Waals surface area (Å²) in [5, 5.41) is 0. The van der Waals surface area contributed by atoms with Crippen LogP contribution in [0.3, 0.4) is 0 Å². The Morgan fingerprint density at radius 3 is 2.19 bits per heavy atom. The Bertz CT molecular complexity index is 1410. The number of likely N-dealkylation sites (tertiary alicyclic amines) is 1. The van der Waals surface area contributed by atoms with Crippen LogP contribution in [-0.2, 0) is 25.0 Å². The van der Waals surface area contributed by atoms with Gasteiger partial charge in [-0.05, 0) is 49.6 Å². The Hall–Kier alpha value is -2.97. The Kier molecular flexibility index (Phi) is 8.33. The van der Waals surface area contributed by atoms with Crippen molar-refractivity contribution in [3.63, 3.8) is 0 Å². The van der Waals surface area contributed by atoms with Gasteiger partial charge >= 0.3 is 18.0 Å². The summed E-state index contributed by atoms with van der Waals surface area (Å²) >= 11 is 0. The average molecular weight is 632 g/mol. The molecule has 0 spiro atoms. The topological polar surface area (TPSA) is 63.7 Å². The van der Waals surface area contributed by atoms with Crippen molar-refractivity contribution >= 4 is 15.7 Å². The minimum Gasteiger partial charge on any atom is -0.491 e. The number of rotatable bonds is 8. The molecule has 2 heterocycles. The second-order valence-corrected chi connectivity index (χ2v) is 12.5. The van der Waals surface area contributed by atoms with Gasteiger partial charge in [0, 0.05) is 23.6 Å². The van der Waals surface area contributed by atoms with Gasteiger partial charge in [0.05, 0.1) is 17.6 Å². The van der Waals surface area contributed by atoms with Gasteiger partial charge in [0.15, 0.2) is 9.84 Å². The van der Waals surface area contributed by atoms with E-state index in [4.69, 9.17) is 4.74 Å². The lowest BCUT2D eigenvalue weighted by molar-refractivity contribution is -0.348. The smallest absolute Gasteiger partial charge is 0.435 e. The van der Waals surface area contributed by atoms with Crippen LogP contribution in [-0.4, -0.2) is 57.4 Å². The monoisotopic (exact) mass is 631 g/mol. The second-order valence-electron chi connectivity index (χ2n) is 10.3. The van der Waals surface area contributed by atoms with Crippen LogP contribution >= 0.6 is 0 Å². The highest BCUT2D eigenvalue weighted by atomic mass is 32.2. The molecule has 5 nitrogen and oxygen atoms in total. The lowest BCUT2D eigenvalue weighted by atomic mass is 9.84. The van der Waals surface area contributed by atoms with Crippen LogP contribution in [0.5, 0.6) is 5.75 Å². The first-order valence-corrected chi connectivity index (χ1v) is 14.4. The van der Waals surface area contributed by atoms with E-state index in [1.165, 1.54) is 4.90 Å². The van der Waals surface area contributed by atoms with Crippen molar-refractivity contribution in [2.24, 2.45) is 5.92 Å². The number of hydrogen-bond acceptors (Lipinski definition) is 4. The molecule has 1 fully saturated rings. The molecular formula is C27H26F9NO4S. The fourth-order valence-electron chi connectivity index (χ4n) is 5.91. The van der Waals surface area contributed by atoms with Crippen LogP contribution in [0.4, 0.5) is 39.5 Å². The maximum atomic E-state index is 14.9. The fourth-order valence-corrected chi connectivity index (χ4v) is 8.20. The van der Waals surface area contributed by atoms with E-state index < -0.39 is 85.8 Å². The van der Waals surface area contributed by atoms with Gasteiger partial charge in [-0.25, -0.2) is 17.2 Å². The van der Waals surface area contributed by atoms with Crippen LogP contribution < -0.4 is 4.74 Å². The zero-order valence-corrected chi connectivity index (χ0v) is 22.9. The van der Waals surface area contributed by atoms with Crippen LogP contribution in [0.1, 0.15) is 43.7 Å². The highest BCUT2D eigenvalue weighted by molar-refractivity contribution is 7.92. The zero-order chi connectivity index (χ0) is 31.3. The minimum absolute atomic E-state index is 0.151. The standard InChI is InChI=1S/C27H26F9NO4S/c1-2-3-16(10-12-28)23(38)37-13-11-24(42(39,40)19-7-5-18(29)6-8-19)20-9-4-17(14-21(20)41-15-22(24)37)25(30,26(31,32)33)27(34,35)36/h4-9,14,16,22H,2-3,10-13,15H2,1H3. The van der Waals surface area contributed by atoms with Gasteiger partial charge in [-0.15, -0.1) is 0 Å². The van der Waals surface area contributed by atoms with Crippen molar-refractivity contribution in [1.82, 2.24) is 4.90 Å². The second kappa shape index (κ2) is 10.9. The fraction of sp³-hybridized carbons (Fsp3) is 0.519. The van der Waals surface area contributed by atoms with E-state index in [0.29, 0.717) is 12.5 Å². The number of alkyl halides is 8. The molecule has 2 aliphatic heterocycles. The number of hydrogen-bond donors (Lipinski definition) is 0. The van der Waals surface area contributed by atoms with Crippen molar-refractivity contribution in [1.29, 1.82) is 0 Å². The first-order chi connectivity index (χ1) is 19.5. The lowest BCUT2D eigenvalue weighted by Crippen LogP contribution is -2.56. The van der Waals surface area contributed by atoms with E-state index in [1.807, 2.05) is 0 Å². The van der Waals surface area contributed by atoms with Crippen molar-refractivity contribution in [2.45, 2.75) is 66.3 Å². The molecule has 0 N–H and O–H groups in total. The van der Waals surface area contributed by atoms with Crippen molar-refractivity contribution < 1.29 is 57.5 Å². The van der Waals surface area contributed by atoms with Crippen LogP contribution in [0.25, 0.3) is 0 Å². The summed E-state index contributed by atoms with van der Waals surface area (Å²) < 4.78 is 154. The van der Waals surface area contributed by atoms with Gasteiger partial charge < -0.3 is 9.64 Å². The Labute approximate surface area is 235 Å². The molecule has 232 valence electrons. The summed E-state index contributed by atoms with van der Waals surface area (Å²) in [4.78, 5) is 14.3. The molecule has 3 atom stereocenters. The summed E-state index contributed by atoms with van der Waals surface area (Å²) in [5.74, 6) is -2.93. The van der Waals surface area contributed by atoms with Gasteiger partial charge in [-0.3, -0.25) is 9.18 Å². The Balaban J connectivity index is 1.93. The molecule has 2 aliphatic rings. The van der Waals surface area contributed by atoms with E-state index >= 15 is 0 Å². The van der Waals surface area contributed by atoms with Crippen LogP contribution in [0, 0.1) is 11.7 Å². The number of nitrogens with zero attached hydrogens (tertiary/aromatic N) is 1. The molecule has 1 saturated heterocycles. The van der Waals surface area contributed by atoms with Crippen LogP contribution in [0.15, 0.2) is 47.4 Å². The highest BCUT2D eigenvalue weighted by Gasteiger charge is 2.74. The SMILES string of the molecule is CCCC(CCF)C(=O)N1CCC2(S(=O)(=O)c3ccc(F)cc3)c3ccc(C(F)(C(F)(F)F)C(F)(F)F)cc3OCC12. The molecule has 0 saturated carbocycles. The maximum absolute atomic E-state index is 14.9. The molecule has 15 heteroatoms. The number of amides is 1. The largest absolute Gasteiger partial charge is 0.491 e. The van der Waals surface area contributed by atoms with Gasteiger partial charge in [0.2, 0.25) is 5.91 Å². The van der Waals surface area contributed by atoms with Gasteiger partial charge in [-0.2, -0.15) is 26.3 Å². The number of carbonyl (C=O) groups is 1. The molecule has 0 aromatic heterocycles. The van der Waals surface area contributed by atoms with Crippen molar-refractivity contribution in [3.8, 4) is 5.75 Å². The number of carbonyl (C=O) groups excluding carboxylic acids is 1. The maximum Gasteiger partial charge on any atom is 0.435 e. The van der Waals surface area contributed by atoms with Gasteiger partial charge in [0.25, 0.3) is 0 Å². The predicted octanol–water partition coefficient (Wildman–Crippen LogP) is 6.55. The highest BCUT2D eigenvalue weighted by Crippen LogP contribution is 2.57. The van der Waals surface area contributed by atoms with Crippen LogP contribution in [0.2, 0.25) is 0 Å². The van der Waals surface area contributed by atoms with Gasteiger partial charge in [-0.1, -0.05) is 25.5 Å². The summed E-state index contributed by atoms with van der Waals surface area (Å²) in [7, 11) is -4.67. The van der Waals surface area contributed by atoms with E-state index in [9.17, 15) is 52.7 Å². The summed E-state index contributed by atoms with van der Waals surface area (Å²) in [6.45, 7) is 0.0170. The number of ether oxygens (including phenoxy) is 1. The van der Waals surface area contributed by atoms with E-state index in [-0.39, 0.29) is 43.5 Å². The summed E-state index contributed by atoms with van der Waals surface area (Å²) in [6.07, 6.45) is -12.6. The van der Waals surface area contributed by atoms with E-state index in [2.05, 4.69) is 0 Å². The molecule has 2 aromatic carbocycles. The number of halogens is 9. The number of fused-ring (bicyclic) bond motifs is 3. The summed E-state index contributed by atoms with van der Waals surface area (Å²) in [5.41, 5.74) is -8.05. The summed E-state index contributed by atoms with van der Waals surface area (Å²) in [6, 6.07) is 3.23. The molecule has 42 heavy (non-hydrogen) atoms. The molecule has 4 rings (SSSR count). The molecule has 0 radical (unpaired) electrons. The van der Waals surface area contributed by atoms with Crippen molar-refractivity contribution in [3.05, 3.63) is 59.4 Å². The van der Waals surface area contributed by atoms with E-state index in [1.54, 1.807) is 6.92 Å². The molecule has 0 bridgehead atoms. The normalized spacial score (nSPS) is 21.9. The third kappa shape index (κ3) is 4.80. The van der Waals surface area contributed by atoms with Crippen molar-refractivity contribution in [2.75, 3.05) is 19.8 Å². The third-order valence-corrected chi connectivity index (χ3v) is 10.5. The first-order valence-electron chi connectivity index (χ1n) is 12.9. The lowest BCUT2D eigenvalue weighted by Gasteiger charge is -2.43. The molecule has 1 amide bonds. The molecule has 2 aromatic rings. The van der Waals surface area contributed by atoms with E-state index in [0.717, 1.165) is 24.3 Å². The first kappa shape index (κ1) is 32.0. The zero-order valence-electron chi connectivity index (χ0n) is 22.0.